The minimum absolute atomic E-state index is 0.0933. The molecule has 7 heteroatoms. The highest BCUT2D eigenvalue weighted by molar-refractivity contribution is 5.82. The summed E-state index contributed by atoms with van der Waals surface area (Å²) in [4.78, 5) is 25.7. The van der Waals surface area contributed by atoms with Crippen LogP contribution in [-0.2, 0) is 33.9 Å². The Hall–Kier alpha value is -4.52. The highest BCUT2D eigenvalue weighted by Gasteiger charge is 2.26. The van der Waals surface area contributed by atoms with Crippen LogP contribution in [0.5, 0.6) is 5.75 Å². The number of nitrogens with one attached hydrogen (secondary N) is 1. The number of alkyl carbamates (subject to hydrolysis) is 1. The summed E-state index contributed by atoms with van der Waals surface area (Å²) in [5.74, 6) is 0.706. The summed E-state index contributed by atoms with van der Waals surface area (Å²) in [5, 5.41) is 2.68. The van der Waals surface area contributed by atoms with Crippen molar-refractivity contribution in [1.29, 1.82) is 0 Å². The highest BCUT2D eigenvalue weighted by Crippen LogP contribution is 2.32. The van der Waals surface area contributed by atoms with E-state index in [0.717, 1.165) is 22.3 Å². The quantitative estimate of drug-likeness (QED) is 0.231. The van der Waals surface area contributed by atoms with Gasteiger partial charge >= 0.3 is 12.1 Å². The van der Waals surface area contributed by atoms with E-state index in [2.05, 4.69) is 5.32 Å². The third-order valence-electron chi connectivity index (χ3n) is 5.71. The smallest absolute Gasteiger partial charge is 0.408 e. The lowest BCUT2D eigenvalue weighted by Gasteiger charge is -2.23. The fourth-order valence-corrected chi connectivity index (χ4v) is 3.90. The van der Waals surface area contributed by atoms with Gasteiger partial charge in [0.2, 0.25) is 0 Å². The summed E-state index contributed by atoms with van der Waals surface area (Å²) in [6.45, 7) is 5.77. The number of carbonyl (C=O) groups is 2. The number of hydrogen-bond donors (Lipinski definition) is 1. The van der Waals surface area contributed by atoms with Crippen LogP contribution in [-0.4, -0.2) is 23.7 Å². The van der Waals surface area contributed by atoms with Gasteiger partial charge in [0.1, 0.15) is 36.4 Å². The first-order chi connectivity index (χ1) is 18.8. The van der Waals surface area contributed by atoms with Crippen LogP contribution in [0, 0.1) is 0 Å². The van der Waals surface area contributed by atoms with Crippen molar-refractivity contribution in [1.82, 2.24) is 5.32 Å². The number of benzene rings is 3. The normalized spacial score (nSPS) is 11.9. The predicted octanol–water partition coefficient (Wildman–Crippen LogP) is 6.70. The standard InChI is InChI=1S/C32H33NO6/c1-32(2,3)39-31(35)33-27(30(34)38-22-24-13-8-5-9-14-24)20-25-16-17-29(26(19-25)28-15-10-18-36-28)37-21-23-11-6-4-7-12-23/h4-19,27H,20-22H2,1-3H3,(H,33,35)/t27-/m0/s1. The maximum absolute atomic E-state index is 13.1. The average Bonchev–Trinajstić information content (AvgIpc) is 3.46. The monoisotopic (exact) mass is 527 g/mol. The van der Waals surface area contributed by atoms with Gasteiger partial charge in [0.05, 0.1) is 11.8 Å². The lowest BCUT2D eigenvalue weighted by atomic mass is 10.0. The maximum atomic E-state index is 13.1. The maximum Gasteiger partial charge on any atom is 0.408 e. The van der Waals surface area contributed by atoms with Gasteiger partial charge < -0.3 is 23.9 Å². The van der Waals surface area contributed by atoms with Crippen LogP contribution in [0.4, 0.5) is 4.79 Å². The zero-order valence-corrected chi connectivity index (χ0v) is 22.4. The SMILES string of the molecule is CC(C)(C)OC(=O)N[C@@H](Cc1ccc(OCc2ccccc2)c(-c2ccco2)c1)C(=O)OCc1ccccc1. The predicted molar refractivity (Wildman–Crippen MR) is 148 cm³/mol. The summed E-state index contributed by atoms with van der Waals surface area (Å²) in [6, 6.07) is 27.5. The van der Waals surface area contributed by atoms with Crippen molar-refractivity contribution in [2.75, 3.05) is 0 Å². The Bertz CT molecular complexity index is 1340. The lowest BCUT2D eigenvalue weighted by molar-refractivity contribution is -0.147. The van der Waals surface area contributed by atoms with Crippen LogP contribution in [0.1, 0.15) is 37.5 Å². The van der Waals surface area contributed by atoms with Gasteiger partial charge in [-0.15, -0.1) is 0 Å². The van der Waals surface area contributed by atoms with Gasteiger partial charge in [0, 0.05) is 6.42 Å². The van der Waals surface area contributed by atoms with Crippen LogP contribution >= 0.6 is 0 Å². The van der Waals surface area contributed by atoms with Crippen LogP contribution in [0.2, 0.25) is 0 Å². The molecule has 0 radical (unpaired) electrons. The summed E-state index contributed by atoms with van der Waals surface area (Å²) in [6.07, 6.45) is 1.08. The molecule has 1 atom stereocenters. The second-order valence-electron chi connectivity index (χ2n) is 10.1. The van der Waals surface area contributed by atoms with Gasteiger partial charge in [-0.2, -0.15) is 0 Å². The first-order valence-corrected chi connectivity index (χ1v) is 12.8. The van der Waals surface area contributed by atoms with E-state index in [0.29, 0.717) is 18.1 Å². The van der Waals surface area contributed by atoms with Gasteiger partial charge in [0.25, 0.3) is 0 Å². The minimum Gasteiger partial charge on any atom is -0.488 e. The van der Waals surface area contributed by atoms with Crippen LogP contribution < -0.4 is 10.1 Å². The van der Waals surface area contributed by atoms with E-state index in [1.807, 2.05) is 84.9 Å². The van der Waals surface area contributed by atoms with Gasteiger partial charge in [-0.05, 0) is 61.7 Å². The summed E-state index contributed by atoms with van der Waals surface area (Å²) in [7, 11) is 0. The molecule has 0 aliphatic rings. The average molecular weight is 528 g/mol. The Morgan fingerprint density at radius 1 is 0.821 bits per heavy atom. The van der Waals surface area contributed by atoms with E-state index >= 15 is 0 Å². The molecule has 4 rings (SSSR count). The van der Waals surface area contributed by atoms with E-state index < -0.39 is 23.7 Å². The molecule has 1 N–H and O–H groups in total. The topological polar surface area (TPSA) is 87.0 Å². The molecule has 1 aromatic heterocycles. The van der Waals surface area contributed by atoms with Crippen LogP contribution in [0.3, 0.4) is 0 Å². The van der Waals surface area contributed by atoms with Gasteiger partial charge in [-0.1, -0.05) is 66.7 Å². The molecule has 4 aromatic rings. The zero-order chi connectivity index (χ0) is 27.7. The number of furan rings is 1. The second kappa shape index (κ2) is 12.8. The molecular formula is C32H33NO6. The molecule has 0 bridgehead atoms. The Morgan fingerprint density at radius 2 is 1.49 bits per heavy atom. The molecule has 0 aliphatic heterocycles. The van der Waals surface area contributed by atoms with E-state index in [1.165, 1.54) is 0 Å². The van der Waals surface area contributed by atoms with Crippen molar-refractivity contribution >= 4 is 12.1 Å². The molecule has 0 saturated carbocycles. The lowest BCUT2D eigenvalue weighted by Crippen LogP contribution is -2.45. The largest absolute Gasteiger partial charge is 0.488 e. The van der Waals surface area contributed by atoms with E-state index in [9.17, 15) is 9.59 Å². The van der Waals surface area contributed by atoms with Crippen molar-refractivity contribution < 1.29 is 28.2 Å². The van der Waals surface area contributed by atoms with Gasteiger partial charge in [-0.25, -0.2) is 9.59 Å². The summed E-state index contributed by atoms with van der Waals surface area (Å²) in [5.41, 5.74) is 2.69. The van der Waals surface area contributed by atoms with E-state index in [4.69, 9.17) is 18.6 Å². The Labute approximate surface area is 228 Å². The molecule has 0 unspecified atom stereocenters. The molecule has 0 fully saturated rings. The molecule has 3 aromatic carbocycles. The molecular weight excluding hydrogens is 494 g/mol. The third-order valence-corrected chi connectivity index (χ3v) is 5.71. The number of hydrogen-bond acceptors (Lipinski definition) is 6. The summed E-state index contributed by atoms with van der Waals surface area (Å²) >= 11 is 0. The van der Waals surface area contributed by atoms with Crippen molar-refractivity contribution in [2.45, 2.75) is 52.0 Å². The Balaban J connectivity index is 1.54. The zero-order valence-electron chi connectivity index (χ0n) is 22.4. The molecule has 202 valence electrons. The number of amides is 1. The van der Waals surface area contributed by atoms with Crippen molar-refractivity contribution in [2.24, 2.45) is 0 Å². The fourth-order valence-electron chi connectivity index (χ4n) is 3.90. The van der Waals surface area contributed by atoms with E-state index in [1.54, 1.807) is 33.1 Å². The number of esters is 1. The van der Waals surface area contributed by atoms with Crippen molar-refractivity contribution in [3.63, 3.8) is 0 Å². The number of rotatable bonds is 10. The van der Waals surface area contributed by atoms with E-state index in [-0.39, 0.29) is 13.0 Å². The number of ether oxygens (including phenoxy) is 3. The molecule has 1 amide bonds. The molecule has 1 heterocycles. The van der Waals surface area contributed by atoms with Crippen molar-refractivity contribution in [3.8, 4) is 17.1 Å². The summed E-state index contributed by atoms with van der Waals surface area (Å²) < 4.78 is 22.7. The number of carbonyl (C=O) groups excluding carboxylic acids is 2. The van der Waals surface area contributed by atoms with Gasteiger partial charge in [-0.3, -0.25) is 0 Å². The molecule has 0 saturated heterocycles. The minimum atomic E-state index is -0.968. The molecule has 0 aliphatic carbocycles. The first-order valence-electron chi connectivity index (χ1n) is 12.8. The first kappa shape index (κ1) is 27.5. The molecule has 39 heavy (non-hydrogen) atoms. The third kappa shape index (κ3) is 8.50. The highest BCUT2D eigenvalue weighted by atomic mass is 16.6. The Kier molecular flexibility index (Phi) is 9.05. The van der Waals surface area contributed by atoms with Crippen LogP contribution in [0.25, 0.3) is 11.3 Å². The molecule has 7 nitrogen and oxygen atoms in total. The second-order valence-corrected chi connectivity index (χ2v) is 10.1. The van der Waals surface area contributed by atoms with Crippen LogP contribution in [0.15, 0.2) is 102 Å². The fraction of sp³-hybridized carbons (Fsp3) is 0.250. The molecule has 0 spiro atoms. The van der Waals surface area contributed by atoms with Crippen molar-refractivity contribution in [3.05, 3.63) is 114 Å². The van der Waals surface area contributed by atoms with Gasteiger partial charge in [0.15, 0.2) is 0 Å². The Morgan fingerprint density at radius 3 is 2.10 bits per heavy atom.